The number of piperidine rings is 1. The van der Waals surface area contributed by atoms with E-state index < -0.39 is 0 Å². The summed E-state index contributed by atoms with van der Waals surface area (Å²) in [5, 5.41) is 0. The summed E-state index contributed by atoms with van der Waals surface area (Å²) >= 11 is 0. The van der Waals surface area contributed by atoms with Gasteiger partial charge in [-0.15, -0.1) is 0 Å². The fourth-order valence-corrected chi connectivity index (χ4v) is 2.34. The molecule has 0 radical (unpaired) electrons. The van der Waals surface area contributed by atoms with Gasteiger partial charge in [0.05, 0.1) is 0 Å². The normalized spacial score (nSPS) is 25.8. The number of hydrogen-bond acceptors (Lipinski definition) is 3. The predicted octanol–water partition coefficient (Wildman–Crippen LogP) is 1.78. The number of hydrogen-bond donors (Lipinski definition) is 1. The standard InChI is InChI=1S/C12H18FN3/c1-9-4-6-16(10(7-9)8-14)12-11(13)3-2-5-15-12/h2-3,5,9-10H,4,6-8,14H2,1H3. The van der Waals surface area contributed by atoms with E-state index >= 15 is 0 Å². The summed E-state index contributed by atoms with van der Waals surface area (Å²) in [6.07, 6.45) is 3.73. The minimum absolute atomic E-state index is 0.216. The molecule has 1 aliphatic rings. The first-order valence-electron chi connectivity index (χ1n) is 5.79. The zero-order chi connectivity index (χ0) is 11.5. The first-order chi connectivity index (χ1) is 7.72. The van der Waals surface area contributed by atoms with Crippen molar-refractivity contribution in [3.05, 3.63) is 24.1 Å². The van der Waals surface area contributed by atoms with Crippen molar-refractivity contribution >= 4 is 5.82 Å². The number of nitrogens with zero attached hydrogens (tertiary/aromatic N) is 2. The van der Waals surface area contributed by atoms with Crippen molar-refractivity contribution in [3.63, 3.8) is 0 Å². The largest absolute Gasteiger partial charge is 0.350 e. The van der Waals surface area contributed by atoms with Crippen molar-refractivity contribution in [1.82, 2.24) is 4.98 Å². The van der Waals surface area contributed by atoms with Gasteiger partial charge in [0, 0.05) is 25.3 Å². The van der Waals surface area contributed by atoms with E-state index in [1.807, 2.05) is 4.90 Å². The number of halogens is 1. The van der Waals surface area contributed by atoms with Crippen molar-refractivity contribution in [2.24, 2.45) is 11.7 Å². The lowest BCUT2D eigenvalue weighted by molar-refractivity contribution is 0.361. The van der Waals surface area contributed by atoms with Crippen LogP contribution in [0.1, 0.15) is 19.8 Å². The van der Waals surface area contributed by atoms with Crippen molar-refractivity contribution in [2.75, 3.05) is 18.0 Å². The molecule has 2 rings (SSSR count). The van der Waals surface area contributed by atoms with Crippen LogP contribution < -0.4 is 10.6 Å². The summed E-state index contributed by atoms with van der Waals surface area (Å²) in [7, 11) is 0. The maximum absolute atomic E-state index is 13.6. The number of anilines is 1. The fourth-order valence-electron chi connectivity index (χ4n) is 2.34. The molecule has 1 saturated heterocycles. The quantitative estimate of drug-likeness (QED) is 0.831. The molecular weight excluding hydrogens is 205 g/mol. The first kappa shape index (κ1) is 11.3. The molecular formula is C12H18FN3. The third-order valence-corrected chi connectivity index (χ3v) is 3.26. The number of aromatic nitrogens is 1. The van der Waals surface area contributed by atoms with E-state index in [1.165, 1.54) is 6.07 Å². The third kappa shape index (κ3) is 2.16. The fraction of sp³-hybridized carbons (Fsp3) is 0.583. The molecule has 1 fully saturated rings. The number of rotatable bonds is 2. The Kier molecular flexibility index (Phi) is 3.39. The molecule has 2 unspecified atom stereocenters. The van der Waals surface area contributed by atoms with E-state index in [-0.39, 0.29) is 11.9 Å². The summed E-state index contributed by atoms with van der Waals surface area (Å²) in [4.78, 5) is 6.13. The molecule has 0 spiro atoms. The van der Waals surface area contributed by atoms with E-state index in [4.69, 9.17) is 5.73 Å². The minimum atomic E-state index is -0.254. The second kappa shape index (κ2) is 4.78. The molecule has 2 heterocycles. The molecule has 2 atom stereocenters. The van der Waals surface area contributed by atoms with Crippen LogP contribution in [-0.4, -0.2) is 24.1 Å². The van der Waals surface area contributed by atoms with E-state index in [0.29, 0.717) is 18.3 Å². The van der Waals surface area contributed by atoms with Gasteiger partial charge in [0.25, 0.3) is 0 Å². The molecule has 2 N–H and O–H groups in total. The maximum Gasteiger partial charge on any atom is 0.165 e. The average Bonchev–Trinajstić information content (AvgIpc) is 2.30. The van der Waals surface area contributed by atoms with Crippen molar-refractivity contribution < 1.29 is 4.39 Å². The molecule has 1 aromatic rings. The Bertz CT molecular complexity index is 356. The highest BCUT2D eigenvalue weighted by molar-refractivity contribution is 5.41. The van der Waals surface area contributed by atoms with E-state index in [9.17, 15) is 4.39 Å². The third-order valence-electron chi connectivity index (χ3n) is 3.26. The molecule has 0 bridgehead atoms. The van der Waals surface area contributed by atoms with Crippen LogP contribution in [0.15, 0.2) is 18.3 Å². The van der Waals surface area contributed by atoms with Crippen molar-refractivity contribution in [3.8, 4) is 0 Å². The van der Waals surface area contributed by atoms with Crippen LogP contribution in [0.4, 0.5) is 10.2 Å². The monoisotopic (exact) mass is 223 g/mol. The van der Waals surface area contributed by atoms with E-state index in [1.54, 1.807) is 12.3 Å². The van der Waals surface area contributed by atoms with Gasteiger partial charge in [-0.3, -0.25) is 0 Å². The average molecular weight is 223 g/mol. The highest BCUT2D eigenvalue weighted by Gasteiger charge is 2.27. The van der Waals surface area contributed by atoms with Gasteiger partial charge in [-0.05, 0) is 30.9 Å². The lowest BCUT2D eigenvalue weighted by Crippen LogP contribution is -2.47. The molecule has 0 amide bonds. The van der Waals surface area contributed by atoms with Gasteiger partial charge in [-0.2, -0.15) is 0 Å². The lowest BCUT2D eigenvalue weighted by Gasteiger charge is -2.38. The molecule has 16 heavy (non-hydrogen) atoms. The maximum atomic E-state index is 13.6. The van der Waals surface area contributed by atoms with Gasteiger partial charge in [0.1, 0.15) is 0 Å². The Hall–Kier alpha value is -1.16. The SMILES string of the molecule is CC1CCN(c2ncccc2F)C(CN)C1. The van der Waals surface area contributed by atoms with Crippen molar-refractivity contribution in [2.45, 2.75) is 25.8 Å². The van der Waals surface area contributed by atoms with Crippen LogP contribution >= 0.6 is 0 Å². The van der Waals surface area contributed by atoms with Gasteiger partial charge in [0.2, 0.25) is 0 Å². The van der Waals surface area contributed by atoms with Crippen LogP contribution in [0.2, 0.25) is 0 Å². The lowest BCUT2D eigenvalue weighted by atomic mass is 9.92. The molecule has 88 valence electrons. The zero-order valence-corrected chi connectivity index (χ0v) is 9.56. The smallest absolute Gasteiger partial charge is 0.165 e. The van der Waals surface area contributed by atoms with Crippen LogP contribution in [0.25, 0.3) is 0 Å². The summed E-state index contributed by atoms with van der Waals surface area (Å²) < 4.78 is 13.6. The predicted molar refractivity (Wildman–Crippen MR) is 62.8 cm³/mol. The molecule has 4 heteroatoms. The van der Waals surface area contributed by atoms with E-state index in [2.05, 4.69) is 11.9 Å². The summed E-state index contributed by atoms with van der Waals surface area (Å²) in [6, 6.07) is 3.28. The zero-order valence-electron chi connectivity index (χ0n) is 9.56. The van der Waals surface area contributed by atoms with Gasteiger partial charge in [-0.25, -0.2) is 9.37 Å². The molecule has 0 aliphatic carbocycles. The van der Waals surface area contributed by atoms with Crippen LogP contribution in [-0.2, 0) is 0 Å². The van der Waals surface area contributed by atoms with Gasteiger partial charge in [-0.1, -0.05) is 6.92 Å². The summed E-state index contributed by atoms with van der Waals surface area (Å²) in [5.41, 5.74) is 5.75. The highest BCUT2D eigenvalue weighted by atomic mass is 19.1. The van der Waals surface area contributed by atoms with Crippen LogP contribution in [0.5, 0.6) is 0 Å². The highest BCUT2D eigenvalue weighted by Crippen LogP contribution is 2.27. The Morgan fingerprint density at radius 1 is 1.62 bits per heavy atom. The minimum Gasteiger partial charge on any atom is -0.350 e. The first-order valence-corrected chi connectivity index (χ1v) is 5.79. The van der Waals surface area contributed by atoms with Gasteiger partial charge >= 0.3 is 0 Å². The van der Waals surface area contributed by atoms with Crippen LogP contribution in [0.3, 0.4) is 0 Å². The topological polar surface area (TPSA) is 42.2 Å². The Labute approximate surface area is 95.5 Å². The molecule has 0 aromatic carbocycles. The van der Waals surface area contributed by atoms with Crippen molar-refractivity contribution in [1.29, 1.82) is 0 Å². The Morgan fingerprint density at radius 2 is 2.44 bits per heavy atom. The van der Waals surface area contributed by atoms with Gasteiger partial charge < -0.3 is 10.6 Å². The summed E-state index contributed by atoms with van der Waals surface area (Å²) in [6.45, 7) is 3.62. The van der Waals surface area contributed by atoms with Crippen LogP contribution in [0, 0.1) is 11.7 Å². The molecule has 1 aliphatic heterocycles. The second-order valence-electron chi connectivity index (χ2n) is 4.52. The number of pyridine rings is 1. The second-order valence-corrected chi connectivity index (χ2v) is 4.52. The Morgan fingerprint density at radius 3 is 3.12 bits per heavy atom. The van der Waals surface area contributed by atoms with Gasteiger partial charge in [0.15, 0.2) is 11.6 Å². The summed E-state index contributed by atoms with van der Waals surface area (Å²) in [5.74, 6) is 0.858. The van der Waals surface area contributed by atoms with E-state index in [0.717, 1.165) is 19.4 Å². The molecule has 3 nitrogen and oxygen atoms in total. The molecule has 0 saturated carbocycles. The Balaban J connectivity index is 2.22. The molecule has 1 aromatic heterocycles. The number of nitrogens with two attached hydrogens (primary N) is 1.